The van der Waals surface area contributed by atoms with Gasteiger partial charge in [-0.1, -0.05) is 96.4 Å². The van der Waals surface area contributed by atoms with Gasteiger partial charge in [-0.25, -0.2) is 8.42 Å². The third-order valence-corrected chi connectivity index (χ3v) is 9.80. The van der Waals surface area contributed by atoms with Crippen LogP contribution in [0.2, 0.25) is 10.0 Å². The summed E-state index contributed by atoms with van der Waals surface area (Å²) in [4.78, 5) is 29.9. The first kappa shape index (κ1) is 34.0. The fraction of sp³-hybridized carbons (Fsp3) is 0.257. The van der Waals surface area contributed by atoms with Gasteiger partial charge in [-0.05, 0) is 73.9 Å². The molecule has 0 radical (unpaired) electrons. The number of nitrogens with zero attached hydrogens (tertiary/aromatic N) is 2. The third kappa shape index (κ3) is 9.10. The maximum absolute atomic E-state index is 14.5. The Kier molecular flexibility index (Phi) is 11.7. The van der Waals surface area contributed by atoms with Gasteiger partial charge in [0.15, 0.2) is 0 Å². The molecule has 4 aromatic carbocycles. The summed E-state index contributed by atoms with van der Waals surface area (Å²) >= 11 is 12.4. The van der Waals surface area contributed by atoms with Gasteiger partial charge in [-0.2, -0.15) is 0 Å². The number of halogens is 2. The van der Waals surface area contributed by atoms with Crippen LogP contribution < -0.4 is 9.62 Å². The number of carbonyl (C=O) groups excluding carboxylic acids is 2. The van der Waals surface area contributed by atoms with E-state index in [-0.39, 0.29) is 35.5 Å². The minimum Gasteiger partial charge on any atom is -0.352 e. The van der Waals surface area contributed by atoms with Gasteiger partial charge >= 0.3 is 0 Å². The molecule has 0 spiro atoms. The van der Waals surface area contributed by atoms with Crippen LogP contribution in [-0.4, -0.2) is 43.8 Å². The van der Waals surface area contributed by atoms with Crippen molar-refractivity contribution in [2.75, 3.05) is 10.8 Å². The van der Waals surface area contributed by atoms with E-state index < -0.39 is 28.5 Å². The van der Waals surface area contributed by atoms with Crippen molar-refractivity contribution in [1.82, 2.24) is 10.2 Å². The Balaban J connectivity index is 1.80. The Hall–Kier alpha value is -3.85. The summed E-state index contributed by atoms with van der Waals surface area (Å²) in [6, 6.07) is 28.1. The molecule has 1 N–H and O–H groups in total. The summed E-state index contributed by atoms with van der Waals surface area (Å²) in [6.07, 6.45) is 0.927. The number of anilines is 1. The van der Waals surface area contributed by atoms with Crippen LogP contribution in [0.25, 0.3) is 0 Å². The number of hydrogen-bond acceptors (Lipinski definition) is 4. The van der Waals surface area contributed by atoms with Crippen molar-refractivity contribution < 1.29 is 18.0 Å². The highest BCUT2D eigenvalue weighted by molar-refractivity contribution is 7.92. The summed E-state index contributed by atoms with van der Waals surface area (Å²) in [5.41, 5.74) is 2.71. The number of nitrogens with one attached hydrogen (secondary N) is 1. The molecule has 2 atom stereocenters. The smallest absolute Gasteiger partial charge is 0.264 e. The van der Waals surface area contributed by atoms with Crippen LogP contribution in [-0.2, 0) is 32.6 Å². The van der Waals surface area contributed by atoms with E-state index >= 15 is 0 Å². The van der Waals surface area contributed by atoms with E-state index in [1.807, 2.05) is 51.1 Å². The van der Waals surface area contributed by atoms with E-state index in [9.17, 15) is 18.0 Å². The number of hydrogen-bond donors (Lipinski definition) is 1. The normalized spacial score (nSPS) is 12.6. The Morgan fingerprint density at radius 3 is 2.11 bits per heavy atom. The molecule has 0 bridgehead atoms. The summed E-state index contributed by atoms with van der Waals surface area (Å²) in [5.74, 6) is -0.882. The molecule has 0 aliphatic carbocycles. The Morgan fingerprint density at radius 1 is 0.822 bits per heavy atom. The predicted molar refractivity (Wildman–Crippen MR) is 181 cm³/mol. The number of aryl methyl sites for hydroxylation is 1. The molecule has 0 fully saturated rings. The third-order valence-electron chi connectivity index (χ3n) is 7.52. The van der Waals surface area contributed by atoms with Crippen molar-refractivity contribution in [2.45, 2.75) is 57.1 Å². The van der Waals surface area contributed by atoms with Crippen molar-refractivity contribution in [3.8, 4) is 0 Å². The highest BCUT2D eigenvalue weighted by atomic mass is 35.5. The van der Waals surface area contributed by atoms with Crippen molar-refractivity contribution >= 4 is 50.7 Å². The Labute approximate surface area is 275 Å². The zero-order chi connectivity index (χ0) is 32.6. The first-order chi connectivity index (χ1) is 21.5. The van der Waals surface area contributed by atoms with Gasteiger partial charge in [0.05, 0.1) is 10.6 Å². The Morgan fingerprint density at radius 2 is 1.49 bits per heavy atom. The molecule has 7 nitrogen and oxygen atoms in total. The second-order valence-electron chi connectivity index (χ2n) is 11.0. The van der Waals surface area contributed by atoms with Gasteiger partial charge in [-0.15, -0.1) is 0 Å². The quantitative estimate of drug-likeness (QED) is 0.166. The first-order valence-electron chi connectivity index (χ1n) is 14.7. The molecule has 0 unspecified atom stereocenters. The number of rotatable bonds is 13. The molecule has 2 amide bonds. The lowest BCUT2D eigenvalue weighted by Gasteiger charge is -2.34. The lowest BCUT2D eigenvalue weighted by molar-refractivity contribution is -0.140. The summed E-state index contributed by atoms with van der Waals surface area (Å²) in [5, 5.41) is 3.88. The molecule has 0 aliphatic heterocycles. The fourth-order valence-corrected chi connectivity index (χ4v) is 6.50. The van der Waals surface area contributed by atoms with Gasteiger partial charge < -0.3 is 10.2 Å². The standard InChI is InChI=1S/C35H37Cl2N3O4S/c1-4-26(3)38-35(42)33(21-27-9-6-5-7-10-27)39(23-28-15-17-29(36)18-16-28)34(41)24-40(31-12-8-11-30(37)22-31)45(43,44)32-19-13-25(2)14-20-32/h5-20,22,26,33H,4,21,23-24H2,1-3H3,(H,38,42)/t26-,33-/m0/s1. The maximum atomic E-state index is 14.5. The molecule has 10 heteroatoms. The molecular weight excluding hydrogens is 629 g/mol. The van der Waals surface area contributed by atoms with Crippen LogP contribution in [0.5, 0.6) is 0 Å². The van der Waals surface area contributed by atoms with Crippen LogP contribution in [0.15, 0.2) is 108 Å². The fourth-order valence-electron chi connectivity index (χ4n) is 4.78. The minimum atomic E-state index is -4.21. The SMILES string of the molecule is CC[C@H](C)NC(=O)[C@H](Cc1ccccc1)N(Cc1ccc(Cl)cc1)C(=O)CN(c1cccc(Cl)c1)S(=O)(=O)c1ccc(C)cc1. The first-order valence-corrected chi connectivity index (χ1v) is 16.9. The van der Waals surface area contributed by atoms with E-state index in [0.717, 1.165) is 21.0 Å². The highest BCUT2D eigenvalue weighted by Crippen LogP contribution is 2.27. The molecule has 0 aromatic heterocycles. The van der Waals surface area contributed by atoms with Crippen molar-refractivity contribution in [2.24, 2.45) is 0 Å². The van der Waals surface area contributed by atoms with Crippen molar-refractivity contribution in [3.63, 3.8) is 0 Å². The number of sulfonamides is 1. The number of amides is 2. The maximum Gasteiger partial charge on any atom is 0.264 e. The topological polar surface area (TPSA) is 86.8 Å². The number of benzene rings is 4. The molecular formula is C35H37Cl2N3O4S. The van der Waals surface area contributed by atoms with Crippen molar-refractivity contribution in [3.05, 3.63) is 130 Å². The van der Waals surface area contributed by atoms with Gasteiger partial charge in [0.25, 0.3) is 10.0 Å². The second-order valence-corrected chi connectivity index (χ2v) is 13.7. The zero-order valence-electron chi connectivity index (χ0n) is 25.5. The van der Waals surface area contributed by atoms with Gasteiger partial charge in [-0.3, -0.25) is 13.9 Å². The van der Waals surface area contributed by atoms with Crippen LogP contribution in [0.1, 0.15) is 37.0 Å². The van der Waals surface area contributed by atoms with E-state index in [1.165, 1.54) is 23.1 Å². The number of carbonyl (C=O) groups is 2. The Bertz CT molecular complexity index is 1700. The molecule has 45 heavy (non-hydrogen) atoms. The lowest BCUT2D eigenvalue weighted by Crippen LogP contribution is -2.54. The van der Waals surface area contributed by atoms with Crippen molar-refractivity contribution in [1.29, 1.82) is 0 Å². The monoisotopic (exact) mass is 665 g/mol. The predicted octanol–water partition coefficient (Wildman–Crippen LogP) is 7.05. The van der Waals surface area contributed by atoms with Gasteiger partial charge in [0, 0.05) is 29.1 Å². The van der Waals surface area contributed by atoms with Crippen LogP contribution >= 0.6 is 23.2 Å². The summed E-state index contributed by atoms with van der Waals surface area (Å²) < 4.78 is 29.3. The molecule has 4 rings (SSSR count). The van der Waals surface area contributed by atoms with E-state index in [0.29, 0.717) is 16.5 Å². The molecule has 236 valence electrons. The minimum absolute atomic E-state index is 0.0282. The second kappa shape index (κ2) is 15.4. The van der Waals surface area contributed by atoms with Gasteiger partial charge in [0.1, 0.15) is 12.6 Å². The van der Waals surface area contributed by atoms with Crippen LogP contribution in [0.3, 0.4) is 0 Å². The summed E-state index contributed by atoms with van der Waals surface area (Å²) in [6.45, 7) is 5.21. The van der Waals surface area contributed by atoms with Crippen LogP contribution in [0, 0.1) is 6.92 Å². The largest absolute Gasteiger partial charge is 0.352 e. The molecule has 4 aromatic rings. The lowest BCUT2D eigenvalue weighted by atomic mass is 10.0. The van der Waals surface area contributed by atoms with E-state index in [1.54, 1.807) is 54.6 Å². The molecule has 0 saturated heterocycles. The zero-order valence-corrected chi connectivity index (χ0v) is 27.8. The average Bonchev–Trinajstić information content (AvgIpc) is 3.02. The highest BCUT2D eigenvalue weighted by Gasteiger charge is 2.35. The summed E-state index contributed by atoms with van der Waals surface area (Å²) in [7, 11) is -4.21. The molecule has 0 heterocycles. The van der Waals surface area contributed by atoms with E-state index in [4.69, 9.17) is 23.2 Å². The molecule has 0 saturated carbocycles. The van der Waals surface area contributed by atoms with Gasteiger partial charge in [0.2, 0.25) is 11.8 Å². The molecule has 0 aliphatic rings. The van der Waals surface area contributed by atoms with Crippen LogP contribution in [0.4, 0.5) is 5.69 Å². The van der Waals surface area contributed by atoms with E-state index in [2.05, 4.69) is 5.32 Å². The average molecular weight is 667 g/mol.